The van der Waals surface area contributed by atoms with Gasteiger partial charge in [0.25, 0.3) is 6.43 Å². The SMILES string of the molecule is Fc1cc(C(F)F)ccc1OC(F)F. The van der Waals surface area contributed by atoms with Crippen LogP contribution in [0.25, 0.3) is 0 Å². The summed E-state index contributed by atoms with van der Waals surface area (Å²) < 4.78 is 63.7. The molecule has 0 aliphatic heterocycles. The summed E-state index contributed by atoms with van der Waals surface area (Å²) in [5, 5.41) is 0. The van der Waals surface area contributed by atoms with Crippen molar-refractivity contribution in [3.63, 3.8) is 0 Å². The lowest BCUT2D eigenvalue weighted by molar-refractivity contribution is -0.0522. The minimum atomic E-state index is -3.18. The van der Waals surface area contributed by atoms with Gasteiger partial charge in [0, 0.05) is 5.56 Å². The quantitative estimate of drug-likeness (QED) is 0.698. The largest absolute Gasteiger partial charge is 0.432 e. The van der Waals surface area contributed by atoms with Crippen LogP contribution in [-0.4, -0.2) is 6.61 Å². The van der Waals surface area contributed by atoms with E-state index < -0.39 is 30.2 Å². The van der Waals surface area contributed by atoms with Crippen LogP contribution in [0.15, 0.2) is 18.2 Å². The summed E-state index contributed by atoms with van der Waals surface area (Å²) in [6.07, 6.45) is -2.84. The zero-order chi connectivity index (χ0) is 10.7. The first kappa shape index (κ1) is 10.7. The maximum atomic E-state index is 12.8. The van der Waals surface area contributed by atoms with Crippen LogP contribution in [-0.2, 0) is 0 Å². The molecule has 1 nitrogen and oxygen atoms in total. The van der Waals surface area contributed by atoms with Crippen LogP contribution in [0.5, 0.6) is 5.75 Å². The zero-order valence-corrected chi connectivity index (χ0v) is 6.68. The first-order chi connectivity index (χ1) is 6.50. The molecule has 0 saturated carbocycles. The van der Waals surface area contributed by atoms with Crippen molar-refractivity contribution < 1.29 is 26.7 Å². The number of hydrogen-bond acceptors (Lipinski definition) is 1. The highest BCUT2D eigenvalue weighted by atomic mass is 19.3. The normalized spacial score (nSPS) is 11.1. The molecule has 0 radical (unpaired) electrons. The first-order valence-corrected chi connectivity index (χ1v) is 3.53. The van der Waals surface area contributed by atoms with Gasteiger partial charge >= 0.3 is 6.61 Å². The Bertz CT molecular complexity index is 313. The highest BCUT2D eigenvalue weighted by molar-refractivity contribution is 5.29. The molecule has 0 atom stereocenters. The summed E-state index contributed by atoms with van der Waals surface area (Å²) in [6.45, 7) is -3.18. The number of rotatable bonds is 3. The number of hydrogen-bond donors (Lipinski definition) is 0. The van der Waals surface area contributed by atoms with Gasteiger partial charge in [-0.05, 0) is 18.2 Å². The fraction of sp³-hybridized carbons (Fsp3) is 0.250. The number of alkyl halides is 4. The Kier molecular flexibility index (Phi) is 3.27. The van der Waals surface area contributed by atoms with Gasteiger partial charge in [0.15, 0.2) is 11.6 Å². The van der Waals surface area contributed by atoms with Crippen molar-refractivity contribution in [1.82, 2.24) is 0 Å². The second-order valence-electron chi connectivity index (χ2n) is 2.37. The van der Waals surface area contributed by atoms with Gasteiger partial charge in [-0.3, -0.25) is 0 Å². The number of halogens is 5. The molecule has 0 N–H and O–H groups in total. The third-order valence-corrected chi connectivity index (χ3v) is 1.42. The van der Waals surface area contributed by atoms with Crippen molar-refractivity contribution in [2.75, 3.05) is 0 Å². The molecule has 1 aromatic rings. The van der Waals surface area contributed by atoms with Crippen molar-refractivity contribution in [2.45, 2.75) is 13.0 Å². The van der Waals surface area contributed by atoms with Gasteiger partial charge in [0.05, 0.1) is 0 Å². The van der Waals surface area contributed by atoms with Crippen LogP contribution in [0.1, 0.15) is 12.0 Å². The van der Waals surface area contributed by atoms with Crippen molar-refractivity contribution in [2.24, 2.45) is 0 Å². The van der Waals surface area contributed by atoms with Gasteiger partial charge in [-0.15, -0.1) is 0 Å². The summed E-state index contributed by atoms with van der Waals surface area (Å²) in [5.74, 6) is -1.98. The molecule has 0 bridgehead atoms. The van der Waals surface area contributed by atoms with E-state index in [-0.39, 0.29) is 0 Å². The monoisotopic (exact) mass is 212 g/mol. The van der Waals surface area contributed by atoms with E-state index in [1.165, 1.54) is 0 Å². The van der Waals surface area contributed by atoms with Crippen LogP contribution in [0.2, 0.25) is 0 Å². The van der Waals surface area contributed by atoms with E-state index in [4.69, 9.17) is 0 Å². The molecule has 78 valence electrons. The molecule has 0 aromatic heterocycles. The molecular weight excluding hydrogens is 207 g/mol. The second-order valence-corrected chi connectivity index (χ2v) is 2.37. The van der Waals surface area contributed by atoms with E-state index in [0.717, 1.165) is 12.1 Å². The molecule has 0 aliphatic rings. The summed E-state index contributed by atoms with van der Waals surface area (Å²) in [6, 6.07) is 2.02. The standard InChI is InChI=1S/C8H5F5O/c9-5-3-4(7(10)11)1-2-6(5)14-8(12)13/h1-3,7-8H. The summed E-state index contributed by atoms with van der Waals surface area (Å²) >= 11 is 0. The highest BCUT2D eigenvalue weighted by Gasteiger charge is 2.13. The molecule has 1 rings (SSSR count). The molecule has 0 spiro atoms. The van der Waals surface area contributed by atoms with E-state index in [1.807, 2.05) is 0 Å². The molecule has 0 unspecified atom stereocenters. The third kappa shape index (κ3) is 2.58. The molecular formula is C8H5F5O. The van der Waals surface area contributed by atoms with Crippen LogP contribution in [0.3, 0.4) is 0 Å². The lowest BCUT2D eigenvalue weighted by Crippen LogP contribution is -2.03. The maximum Gasteiger partial charge on any atom is 0.387 e. The van der Waals surface area contributed by atoms with Crippen LogP contribution in [0, 0.1) is 5.82 Å². The minimum absolute atomic E-state index is 0.461. The smallest absolute Gasteiger partial charge is 0.387 e. The Morgan fingerprint density at radius 3 is 2.14 bits per heavy atom. The fourth-order valence-corrected chi connectivity index (χ4v) is 0.844. The lowest BCUT2D eigenvalue weighted by atomic mass is 10.2. The number of ether oxygens (including phenoxy) is 1. The van der Waals surface area contributed by atoms with Crippen molar-refractivity contribution in [1.29, 1.82) is 0 Å². The van der Waals surface area contributed by atoms with Crippen LogP contribution < -0.4 is 4.74 Å². The van der Waals surface area contributed by atoms with Crippen molar-refractivity contribution >= 4 is 0 Å². The van der Waals surface area contributed by atoms with E-state index in [2.05, 4.69) is 4.74 Å². The lowest BCUT2D eigenvalue weighted by Gasteiger charge is -2.06. The molecule has 1 aromatic carbocycles. The first-order valence-electron chi connectivity index (χ1n) is 3.53. The predicted molar refractivity (Wildman–Crippen MR) is 38.0 cm³/mol. The summed E-state index contributed by atoms with van der Waals surface area (Å²) in [7, 11) is 0. The van der Waals surface area contributed by atoms with Crippen LogP contribution in [0.4, 0.5) is 22.0 Å². The molecule has 0 saturated heterocycles. The Labute approximate surface area is 76.1 Å². The second kappa shape index (κ2) is 4.26. The molecule has 14 heavy (non-hydrogen) atoms. The Hall–Kier alpha value is -1.33. The van der Waals surface area contributed by atoms with Gasteiger partial charge in [-0.25, -0.2) is 13.2 Å². The Morgan fingerprint density at radius 1 is 1.07 bits per heavy atom. The average molecular weight is 212 g/mol. The van der Waals surface area contributed by atoms with Gasteiger partial charge in [0.2, 0.25) is 0 Å². The Morgan fingerprint density at radius 2 is 1.71 bits per heavy atom. The fourth-order valence-electron chi connectivity index (χ4n) is 0.844. The molecule has 0 fully saturated rings. The molecule has 0 aliphatic carbocycles. The van der Waals surface area contributed by atoms with Crippen LogP contribution >= 0.6 is 0 Å². The van der Waals surface area contributed by atoms with Gasteiger partial charge in [0.1, 0.15) is 0 Å². The van der Waals surface area contributed by atoms with Crippen molar-refractivity contribution in [3.05, 3.63) is 29.6 Å². The highest BCUT2D eigenvalue weighted by Crippen LogP contribution is 2.25. The zero-order valence-electron chi connectivity index (χ0n) is 6.68. The number of benzene rings is 1. The summed E-state index contributed by atoms with van der Waals surface area (Å²) in [5.41, 5.74) is -0.580. The topological polar surface area (TPSA) is 9.23 Å². The third-order valence-electron chi connectivity index (χ3n) is 1.42. The molecule has 0 heterocycles. The minimum Gasteiger partial charge on any atom is -0.432 e. The van der Waals surface area contributed by atoms with E-state index in [9.17, 15) is 22.0 Å². The van der Waals surface area contributed by atoms with Gasteiger partial charge in [-0.1, -0.05) is 0 Å². The van der Waals surface area contributed by atoms with Gasteiger partial charge < -0.3 is 4.74 Å². The van der Waals surface area contributed by atoms with E-state index in [0.29, 0.717) is 6.07 Å². The van der Waals surface area contributed by atoms with Gasteiger partial charge in [-0.2, -0.15) is 8.78 Å². The van der Waals surface area contributed by atoms with E-state index >= 15 is 0 Å². The molecule has 0 amide bonds. The molecule has 6 heteroatoms. The average Bonchev–Trinajstić information content (AvgIpc) is 2.07. The Balaban J connectivity index is 2.90. The predicted octanol–water partition coefficient (Wildman–Crippen LogP) is 3.36. The van der Waals surface area contributed by atoms with E-state index in [1.54, 1.807) is 0 Å². The van der Waals surface area contributed by atoms with Crippen molar-refractivity contribution in [3.8, 4) is 5.75 Å². The summed E-state index contributed by atoms with van der Waals surface area (Å²) in [4.78, 5) is 0. The maximum absolute atomic E-state index is 12.8.